The minimum absolute atomic E-state index is 0.0729. The van der Waals surface area contributed by atoms with Gasteiger partial charge in [-0.05, 0) is 25.1 Å². The van der Waals surface area contributed by atoms with Gasteiger partial charge in [0.05, 0.1) is 0 Å². The molecule has 132 valence electrons. The third-order valence-electron chi connectivity index (χ3n) is 4.41. The van der Waals surface area contributed by atoms with E-state index < -0.39 is 0 Å². The first-order valence-electron chi connectivity index (χ1n) is 8.42. The summed E-state index contributed by atoms with van der Waals surface area (Å²) < 4.78 is 5.30. The second-order valence-corrected chi connectivity index (χ2v) is 6.03. The topological polar surface area (TPSA) is 88.3 Å². The maximum atomic E-state index is 13.1. The quantitative estimate of drug-likeness (QED) is 0.711. The maximum Gasteiger partial charge on any atom is 0.259 e. The summed E-state index contributed by atoms with van der Waals surface area (Å²) in [4.78, 5) is 29.6. The number of amides is 1. The Bertz CT molecular complexity index is 889. The Morgan fingerprint density at radius 2 is 1.85 bits per heavy atom. The summed E-state index contributed by atoms with van der Waals surface area (Å²) in [6, 6.07) is 5.47. The lowest BCUT2D eigenvalue weighted by Gasteiger charge is -2.34. The van der Waals surface area contributed by atoms with E-state index >= 15 is 0 Å². The van der Waals surface area contributed by atoms with Crippen LogP contribution in [0.1, 0.15) is 16.1 Å². The zero-order valence-electron chi connectivity index (χ0n) is 14.4. The molecular weight excluding hydrogens is 332 g/mol. The minimum atomic E-state index is -0.0729. The lowest BCUT2D eigenvalue weighted by molar-refractivity contribution is 0.0745. The summed E-state index contributed by atoms with van der Waals surface area (Å²) in [6.07, 6.45) is 6.81. The fourth-order valence-electron chi connectivity index (χ4n) is 3.05. The van der Waals surface area contributed by atoms with E-state index in [0.29, 0.717) is 49.1 Å². The van der Waals surface area contributed by atoms with Gasteiger partial charge in [-0.15, -0.1) is 0 Å². The number of carbonyl (C=O) groups is 1. The van der Waals surface area contributed by atoms with Crippen molar-refractivity contribution in [3.05, 3.63) is 54.3 Å². The van der Waals surface area contributed by atoms with E-state index in [9.17, 15) is 4.79 Å². The van der Waals surface area contributed by atoms with Gasteiger partial charge in [0.15, 0.2) is 0 Å². The van der Waals surface area contributed by atoms with Gasteiger partial charge in [-0.25, -0.2) is 9.97 Å². The molecule has 1 amide bonds. The molecule has 26 heavy (non-hydrogen) atoms. The summed E-state index contributed by atoms with van der Waals surface area (Å²) in [5, 5.41) is 4.07. The molecule has 0 aromatic carbocycles. The summed E-state index contributed by atoms with van der Waals surface area (Å²) in [5.41, 5.74) is 1.81. The Kier molecular flexibility index (Phi) is 4.30. The predicted octanol–water partition coefficient (Wildman–Crippen LogP) is 1.80. The first kappa shape index (κ1) is 16.2. The monoisotopic (exact) mass is 350 g/mol. The Labute approximate surface area is 150 Å². The second-order valence-electron chi connectivity index (χ2n) is 6.03. The Hall–Kier alpha value is -3.29. The molecule has 0 saturated carbocycles. The molecule has 0 atom stereocenters. The van der Waals surface area contributed by atoms with Crippen LogP contribution < -0.4 is 4.90 Å². The minimum Gasteiger partial charge on any atom is -0.360 e. The van der Waals surface area contributed by atoms with Crippen molar-refractivity contribution in [3.8, 4) is 11.3 Å². The van der Waals surface area contributed by atoms with Crippen LogP contribution in [0.15, 0.2) is 47.5 Å². The molecule has 1 aliphatic heterocycles. The molecule has 0 aliphatic carbocycles. The van der Waals surface area contributed by atoms with Crippen LogP contribution >= 0.6 is 0 Å². The highest BCUT2D eigenvalue weighted by molar-refractivity contribution is 6.00. The van der Waals surface area contributed by atoms with E-state index in [4.69, 9.17) is 4.52 Å². The SMILES string of the molecule is Cc1onc(-c2cccnc2)c1C(=O)N1CCN(c2ncccn2)CC1. The average Bonchev–Trinajstić information content (AvgIpc) is 3.10. The Balaban J connectivity index is 1.52. The second kappa shape index (κ2) is 6.91. The van der Waals surface area contributed by atoms with Gasteiger partial charge >= 0.3 is 0 Å². The van der Waals surface area contributed by atoms with E-state index in [1.54, 1.807) is 37.8 Å². The van der Waals surface area contributed by atoms with Gasteiger partial charge in [-0.2, -0.15) is 0 Å². The number of pyridine rings is 1. The molecule has 0 spiro atoms. The average molecular weight is 350 g/mol. The number of rotatable bonds is 3. The van der Waals surface area contributed by atoms with Crippen molar-refractivity contribution in [2.45, 2.75) is 6.92 Å². The molecule has 1 fully saturated rings. The largest absolute Gasteiger partial charge is 0.360 e. The van der Waals surface area contributed by atoms with Crippen LogP contribution in [0.3, 0.4) is 0 Å². The van der Waals surface area contributed by atoms with Gasteiger partial charge in [0.2, 0.25) is 5.95 Å². The highest BCUT2D eigenvalue weighted by Gasteiger charge is 2.29. The molecule has 3 aromatic heterocycles. The van der Waals surface area contributed by atoms with E-state index in [1.807, 2.05) is 17.0 Å². The molecule has 0 bridgehead atoms. The van der Waals surface area contributed by atoms with Crippen molar-refractivity contribution < 1.29 is 9.32 Å². The number of carbonyl (C=O) groups excluding carboxylic acids is 1. The number of hydrogen-bond donors (Lipinski definition) is 0. The van der Waals surface area contributed by atoms with Crippen molar-refractivity contribution in [1.29, 1.82) is 0 Å². The van der Waals surface area contributed by atoms with Crippen LogP contribution in [0.25, 0.3) is 11.3 Å². The van der Waals surface area contributed by atoms with Crippen LogP contribution in [0.4, 0.5) is 5.95 Å². The number of aromatic nitrogens is 4. The van der Waals surface area contributed by atoms with E-state index in [1.165, 1.54) is 0 Å². The smallest absolute Gasteiger partial charge is 0.259 e. The van der Waals surface area contributed by atoms with E-state index in [2.05, 4.69) is 25.0 Å². The predicted molar refractivity (Wildman–Crippen MR) is 94.6 cm³/mol. The van der Waals surface area contributed by atoms with Gasteiger partial charge in [0.25, 0.3) is 5.91 Å². The Morgan fingerprint density at radius 1 is 1.08 bits per heavy atom. The van der Waals surface area contributed by atoms with Crippen LogP contribution in [-0.4, -0.2) is 57.1 Å². The van der Waals surface area contributed by atoms with Crippen molar-refractivity contribution >= 4 is 11.9 Å². The summed E-state index contributed by atoms with van der Waals surface area (Å²) in [5.74, 6) is 1.13. The van der Waals surface area contributed by atoms with Gasteiger partial charge in [-0.3, -0.25) is 9.78 Å². The molecule has 0 unspecified atom stereocenters. The molecule has 3 aromatic rings. The van der Waals surface area contributed by atoms with Crippen LogP contribution in [0.5, 0.6) is 0 Å². The first-order chi connectivity index (χ1) is 12.7. The van der Waals surface area contributed by atoms with Crippen molar-refractivity contribution in [2.24, 2.45) is 0 Å². The van der Waals surface area contributed by atoms with Gasteiger partial charge in [0, 0.05) is 56.5 Å². The van der Waals surface area contributed by atoms with Crippen molar-refractivity contribution in [2.75, 3.05) is 31.1 Å². The number of aryl methyl sites for hydroxylation is 1. The van der Waals surface area contributed by atoms with E-state index in [-0.39, 0.29) is 5.91 Å². The molecule has 8 nitrogen and oxygen atoms in total. The van der Waals surface area contributed by atoms with Gasteiger partial charge in [0.1, 0.15) is 17.0 Å². The lowest BCUT2D eigenvalue weighted by atomic mass is 10.1. The standard InChI is InChI=1S/C18H18N6O2/c1-13-15(16(22-26-13)14-4-2-5-19-12-14)17(25)23-8-10-24(11-9-23)18-20-6-3-7-21-18/h2-7,12H,8-11H2,1H3. The van der Waals surface area contributed by atoms with Gasteiger partial charge in [-0.1, -0.05) is 5.16 Å². The van der Waals surface area contributed by atoms with Crippen molar-refractivity contribution in [3.63, 3.8) is 0 Å². The summed E-state index contributed by atoms with van der Waals surface area (Å²) in [6.45, 7) is 4.31. The zero-order valence-corrected chi connectivity index (χ0v) is 14.4. The van der Waals surface area contributed by atoms with Crippen LogP contribution in [0, 0.1) is 6.92 Å². The molecule has 0 radical (unpaired) electrons. The highest BCUT2D eigenvalue weighted by Crippen LogP contribution is 2.26. The number of hydrogen-bond acceptors (Lipinski definition) is 7. The van der Waals surface area contributed by atoms with Crippen molar-refractivity contribution in [1.82, 2.24) is 25.0 Å². The molecule has 1 saturated heterocycles. The third-order valence-corrected chi connectivity index (χ3v) is 4.41. The zero-order chi connectivity index (χ0) is 17.9. The lowest BCUT2D eigenvalue weighted by Crippen LogP contribution is -2.49. The normalized spacial score (nSPS) is 14.5. The van der Waals surface area contributed by atoms with E-state index in [0.717, 1.165) is 5.56 Å². The maximum absolute atomic E-state index is 13.1. The highest BCUT2D eigenvalue weighted by atomic mass is 16.5. The first-order valence-corrected chi connectivity index (χ1v) is 8.42. The number of piperazine rings is 1. The fourth-order valence-corrected chi connectivity index (χ4v) is 3.05. The van der Waals surface area contributed by atoms with Crippen LogP contribution in [-0.2, 0) is 0 Å². The molecular formula is C18H18N6O2. The fraction of sp³-hybridized carbons (Fsp3) is 0.278. The number of anilines is 1. The molecule has 8 heteroatoms. The van der Waals surface area contributed by atoms with Gasteiger partial charge < -0.3 is 14.3 Å². The summed E-state index contributed by atoms with van der Waals surface area (Å²) >= 11 is 0. The molecule has 4 rings (SSSR count). The van der Waals surface area contributed by atoms with Crippen LogP contribution in [0.2, 0.25) is 0 Å². The Morgan fingerprint density at radius 3 is 2.54 bits per heavy atom. The molecule has 0 N–H and O–H groups in total. The summed E-state index contributed by atoms with van der Waals surface area (Å²) in [7, 11) is 0. The number of nitrogens with zero attached hydrogens (tertiary/aromatic N) is 6. The molecule has 1 aliphatic rings. The molecule has 4 heterocycles. The third kappa shape index (κ3) is 3.01.